The van der Waals surface area contributed by atoms with Crippen LogP contribution in [0.1, 0.15) is 18.4 Å². The maximum absolute atomic E-state index is 5.58. The molecule has 0 aliphatic carbocycles. The van der Waals surface area contributed by atoms with Crippen molar-refractivity contribution >= 4 is 0 Å². The molecule has 1 aliphatic rings. The van der Waals surface area contributed by atoms with E-state index in [2.05, 4.69) is 40.4 Å². The maximum atomic E-state index is 5.58. The molecule has 2 heterocycles. The number of methoxy groups -OCH3 is 1. The fourth-order valence-corrected chi connectivity index (χ4v) is 3.30. The van der Waals surface area contributed by atoms with Crippen LogP contribution < -0.4 is 10.1 Å². The minimum atomic E-state index is 0.595. The Kier molecular flexibility index (Phi) is 5.26. The Labute approximate surface area is 138 Å². The first-order valence-electron chi connectivity index (χ1n) is 8.27. The van der Waals surface area contributed by atoms with E-state index in [-0.39, 0.29) is 0 Å². The second-order valence-electron chi connectivity index (χ2n) is 6.13. The molecule has 1 saturated heterocycles. The van der Waals surface area contributed by atoms with Crippen LogP contribution in [-0.2, 0) is 6.54 Å². The maximum Gasteiger partial charge on any atom is 0.123 e. The van der Waals surface area contributed by atoms with Gasteiger partial charge in [0.1, 0.15) is 5.75 Å². The number of likely N-dealkylation sites (tertiary alicyclic amines) is 1. The lowest BCUT2D eigenvalue weighted by Crippen LogP contribution is -2.43. The third-order valence-electron chi connectivity index (χ3n) is 4.60. The number of nitrogens with zero attached hydrogens (tertiary/aromatic N) is 2. The predicted molar refractivity (Wildman–Crippen MR) is 93.6 cm³/mol. The number of ether oxygens (including phenoxy) is 1. The van der Waals surface area contributed by atoms with E-state index in [0.717, 1.165) is 25.4 Å². The van der Waals surface area contributed by atoms with Crippen molar-refractivity contribution in [1.29, 1.82) is 0 Å². The van der Waals surface area contributed by atoms with Crippen molar-refractivity contribution in [2.75, 3.05) is 27.2 Å². The average molecular weight is 311 g/mol. The SMILES string of the molecule is CNC1CCCN(Cc2cc(-c3ccncc3)ccc2OC)C1. The molecule has 4 nitrogen and oxygen atoms in total. The Morgan fingerprint density at radius 3 is 2.78 bits per heavy atom. The molecule has 0 spiro atoms. The number of rotatable bonds is 5. The number of hydrogen-bond acceptors (Lipinski definition) is 4. The molecule has 3 rings (SSSR count). The average Bonchev–Trinajstić information content (AvgIpc) is 2.62. The summed E-state index contributed by atoms with van der Waals surface area (Å²) >= 11 is 0. The van der Waals surface area contributed by atoms with Gasteiger partial charge in [0.15, 0.2) is 0 Å². The van der Waals surface area contributed by atoms with Gasteiger partial charge in [-0.15, -0.1) is 0 Å². The van der Waals surface area contributed by atoms with E-state index >= 15 is 0 Å². The largest absolute Gasteiger partial charge is 0.496 e. The molecule has 4 heteroatoms. The summed E-state index contributed by atoms with van der Waals surface area (Å²) in [6.45, 7) is 3.18. The molecular weight excluding hydrogens is 286 g/mol. The fraction of sp³-hybridized carbons (Fsp3) is 0.421. The number of likely N-dealkylation sites (N-methyl/N-ethyl adjacent to an activating group) is 1. The van der Waals surface area contributed by atoms with Gasteiger partial charge in [0, 0.05) is 37.1 Å². The first-order valence-corrected chi connectivity index (χ1v) is 8.27. The van der Waals surface area contributed by atoms with Crippen LogP contribution in [0.3, 0.4) is 0 Å². The van der Waals surface area contributed by atoms with Gasteiger partial charge in [-0.2, -0.15) is 0 Å². The molecule has 1 N–H and O–H groups in total. The molecule has 0 bridgehead atoms. The van der Waals surface area contributed by atoms with Gasteiger partial charge < -0.3 is 10.1 Å². The van der Waals surface area contributed by atoms with Gasteiger partial charge in [0.2, 0.25) is 0 Å². The standard InChI is InChI=1S/C19H25N3O/c1-20-18-4-3-11-22(14-18)13-17-12-16(5-6-19(17)23-2)15-7-9-21-10-8-15/h5-10,12,18,20H,3-4,11,13-14H2,1-2H3. The lowest BCUT2D eigenvalue weighted by Gasteiger charge is -2.32. The minimum absolute atomic E-state index is 0.595. The molecule has 1 unspecified atom stereocenters. The minimum Gasteiger partial charge on any atom is -0.496 e. The molecule has 23 heavy (non-hydrogen) atoms. The van der Waals surface area contributed by atoms with Crippen LogP contribution in [0.5, 0.6) is 5.75 Å². The summed E-state index contributed by atoms with van der Waals surface area (Å²) in [6, 6.07) is 11.1. The van der Waals surface area contributed by atoms with Gasteiger partial charge in [-0.25, -0.2) is 0 Å². The quantitative estimate of drug-likeness (QED) is 0.921. The second kappa shape index (κ2) is 7.57. The smallest absolute Gasteiger partial charge is 0.123 e. The summed E-state index contributed by atoms with van der Waals surface area (Å²) in [4.78, 5) is 6.61. The monoisotopic (exact) mass is 311 g/mol. The Morgan fingerprint density at radius 2 is 2.04 bits per heavy atom. The topological polar surface area (TPSA) is 37.4 Å². The molecule has 1 atom stereocenters. The third-order valence-corrected chi connectivity index (χ3v) is 4.60. The van der Waals surface area contributed by atoms with Gasteiger partial charge in [-0.3, -0.25) is 9.88 Å². The zero-order valence-corrected chi connectivity index (χ0v) is 14.0. The summed E-state index contributed by atoms with van der Waals surface area (Å²) in [5, 5.41) is 3.41. The summed E-state index contributed by atoms with van der Waals surface area (Å²) < 4.78 is 5.58. The van der Waals surface area contributed by atoms with Crippen molar-refractivity contribution in [3.63, 3.8) is 0 Å². The van der Waals surface area contributed by atoms with E-state index in [4.69, 9.17) is 4.74 Å². The molecule has 1 aromatic heterocycles. The van der Waals surface area contributed by atoms with E-state index in [9.17, 15) is 0 Å². The highest BCUT2D eigenvalue weighted by Crippen LogP contribution is 2.28. The number of aromatic nitrogens is 1. The van der Waals surface area contributed by atoms with Gasteiger partial charge >= 0.3 is 0 Å². The van der Waals surface area contributed by atoms with Crippen LogP contribution in [-0.4, -0.2) is 43.2 Å². The first-order chi connectivity index (χ1) is 11.3. The summed E-state index contributed by atoms with van der Waals surface area (Å²) in [5.74, 6) is 0.967. The zero-order chi connectivity index (χ0) is 16.1. The van der Waals surface area contributed by atoms with E-state index in [0.29, 0.717) is 6.04 Å². The molecule has 1 aliphatic heterocycles. The molecule has 0 saturated carbocycles. The molecule has 2 aromatic rings. The summed E-state index contributed by atoms with van der Waals surface area (Å²) in [5.41, 5.74) is 3.65. The highest BCUT2D eigenvalue weighted by atomic mass is 16.5. The molecular formula is C19H25N3O. The normalized spacial score (nSPS) is 18.8. The number of hydrogen-bond donors (Lipinski definition) is 1. The van der Waals surface area contributed by atoms with Crippen molar-refractivity contribution in [3.05, 3.63) is 48.3 Å². The van der Waals surface area contributed by atoms with Crippen LogP contribution >= 0.6 is 0 Å². The van der Waals surface area contributed by atoms with Crippen LogP contribution in [0.4, 0.5) is 0 Å². The second-order valence-corrected chi connectivity index (χ2v) is 6.13. The highest BCUT2D eigenvalue weighted by Gasteiger charge is 2.19. The van der Waals surface area contributed by atoms with Crippen molar-refractivity contribution in [3.8, 4) is 16.9 Å². The van der Waals surface area contributed by atoms with Crippen LogP contribution in [0.2, 0.25) is 0 Å². The number of pyridine rings is 1. The molecule has 0 amide bonds. The lowest BCUT2D eigenvalue weighted by molar-refractivity contribution is 0.186. The molecule has 1 fully saturated rings. The van der Waals surface area contributed by atoms with E-state index < -0.39 is 0 Å². The van der Waals surface area contributed by atoms with Gasteiger partial charge in [0.05, 0.1) is 7.11 Å². The van der Waals surface area contributed by atoms with Crippen LogP contribution in [0.15, 0.2) is 42.7 Å². The Balaban J connectivity index is 1.82. The summed E-state index contributed by atoms with van der Waals surface area (Å²) in [7, 11) is 3.80. The van der Waals surface area contributed by atoms with Crippen LogP contribution in [0.25, 0.3) is 11.1 Å². The third kappa shape index (κ3) is 3.89. The van der Waals surface area contributed by atoms with Crippen molar-refractivity contribution < 1.29 is 4.74 Å². The van der Waals surface area contributed by atoms with Crippen molar-refractivity contribution in [1.82, 2.24) is 15.2 Å². The van der Waals surface area contributed by atoms with E-state index in [1.165, 1.54) is 29.5 Å². The number of nitrogens with one attached hydrogen (secondary N) is 1. The summed E-state index contributed by atoms with van der Waals surface area (Å²) in [6.07, 6.45) is 6.18. The Hall–Kier alpha value is -1.91. The molecule has 122 valence electrons. The van der Waals surface area contributed by atoms with Gasteiger partial charge in [-0.05, 0) is 61.8 Å². The lowest BCUT2D eigenvalue weighted by atomic mass is 10.0. The number of piperidine rings is 1. The Morgan fingerprint density at radius 1 is 1.22 bits per heavy atom. The zero-order valence-electron chi connectivity index (χ0n) is 14.0. The predicted octanol–water partition coefficient (Wildman–Crippen LogP) is 2.94. The molecule has 0 radical (unpaired) electrons. The highest BCUT2D eigenvalue weighted by molar-refractivity contribution is 5.65. The Bertz CT molecular complexity index is 630. The first kappa shape index (κ1) is 16.0. The van der Waals surface area contributed by atoms with Gasteiger partial charge in [0.25, 0.3) is 0 Å². The van der Waals surface area contributed by atoms with E-state index in [1.807, 2.05) is 24.5 Å². The van der Waals surface area contributed by atoms with Gasteiger partial charge in [-0.1, -0.05) is 6.07 Å². The van der Waals surface area contributed by atoms with Crippen molar-refractivity contribution in [2.45, 2.75) is 25.4 Å². The van der Waals surface area contributed by atoms with E-state index in [1.54, 1.807) is 7.11 Å². The fourth-order valence-electron chi connectivity index (χ4n) is 3.30. The molecule has 1 aromatic carbocycles. The number of benzene rings is 1. The van der Waals surface area contributed by atoms with Crippen LogP contribution in [0, 0.1) is 0 Å². The van der Waals surface area contributed by atoms with Crippen molar-refractivity contribution in [2.24, 2.45) is 0 Å².